The lowest BCUT2D eigenvalue weighted by atomic mass is 9.92. The lowest BCUT2D eigenvalue weighted by Gasteiger charge is -2.33. The highest BCUT2D eigenvalue weighted by atomic mass is 16.2. The number of likely N-dealkylation sites (tertiary alicyclic amines) is 1. The number of carbonyl (C=O) groups is 1. The van der Waals surface area contributed by atoms with Crippen molar-refractivity contribution >= 4 is 5.91 Å². The quantitative estimate of drug-likeness (QED) is 0.918. The lowest BCUT2D eigenvalue weighted by Crippen LogP contribution is -2.45. The van der Waals surface area contributed by atoms with Crippen LogP contribution in [0.1, 0.15) is 49.7 Å². The van der Waals surface area contributed by atoms with Crippen molar-refractivity contribution in [3.63, 3.8) is 0 Å². The van der Waals surface area contributed by atoms with E-state index in [4.69, 9.17) is 0 Å². The fourth-order valence-corrected chi connectivity index (χ4v) is 5.10. The molecule has 0 spiro atoms. The van der Waals surface area contributed by atoms with Crippen LogP contribution >= 0.6 is 0 Å². The Morgan fingerprint density at radius 3 is 2.58 bits per heavy atom. The van der Waals surface area contributed by atoms with E-state index in [2.05, 4.69) is 41.4 Å². The van der Waals surface area contributed by atoms with Crippen molar-refractivity contribution in [1.29, 1.82) is 0 Å². The monoisotopic (exact) mass is 326 g/mol. The molecule has 1 N–H and O–H groups in total. The van der Waals surface area contributed by atoms with Crippen molar-refractivity contribution in [2.24, 2.45) is 17.8 Å². The molecule has 3 fully saturated rings. The summed E-state index contributed by atoms with van der Waals surface area (Å²) in [5.74, 6) is 2.25. The predicted molar refractivity (Wildman–Crippen MR) is 96.6 cm³/mol. The Hall–Kier alpha value is -1.35. The normalized spacial score (nSPS) is 30.6. The number of nitrogens with one attached hydrogen (secondary N) is 1. The minimum atomic E-state index is 0.234. The van der Waals surface area contributed by atoms with Crippen LogP contribution in [0.4, 0.5) is 0 Å². The van der Waals surface area contributed by atoms with Gasteiger partial charge in [0.15, 0.2) is 0 Å². The van der Waals surface area contributed by atoms with E-state index in [-0.39, 0.29) is 5.92 Å². The summed E-state index contributed by atoms with van der Waals surface area (Å²) in [6.07, 6.45) is 7.36. The Kier molecular flexibility index (Phi) is 4.62. The van der Waals surface area contributed by atoms with Crippen LogP contribution in [-0.2, 0) is 11.3 Å². The summed E-state index contributed by atoms with van der Waals surface area (Å²) in [7, 11) is 0. The minimum absolute atomic E-state index is 0.234. The summed E-state index contributed by atoms with van der Waals surface area (Å²) in [5.41, 5.74) is 2.79. The average molecular weight is 326 g/mol. The number of fused-ring (bicyclic) bond motifs is 2. The first-order chi connectivity index (χ1) is 11.7. The van der Waals surface area contributed by atoms with E-state index in [1.165, 1.54) is 36.8 Å². The van der Waals surface area contributed by atoms with Crippen molar-refractivity contribution in [2.75, 3.05) is 13.1 Å². The molecule has 2 saturated carbocycles. The van der Waals surface area contributed by atoms with E-state index in [1.54, 1.807) is 0 Å². The molecule has 0 aromatic heterocycles. The number of aryl methyl sites for hydroxylation is 1. The van der Waals surface area contributed by atoms with Crippen LogP contribution < -0.4 is 5.32 Å². The second-order valence-electron chi connectivity index (χ2n) is 8.27. The molecule has 2 bridgehead atoms. The van der Waals surface area contributed by atoms with Gasteiger partial charge in [0.1, 0.15) is 0 Å². The molecule has 0 radical (unpaired) electrons. The Bertz CT molecular complexity index is 591. The van der Waals surface area contributed by atoms with Gasteiger partial charge in [-0.25, -0.2) is 0 Å². The zero-order valence-electron chi connectivity index (χ0n) is 14.8. The van der Waals surface area contributed by atoms with Crippen molar-refractivity contribution in [2.45, 2.75) is 58.0 Å². The molecule has 1 aromatic rings. The average Bonchev–Trinajstić information content (AvgIpc) is 3.20. The number of hydrogen-bond acceptors (Lipinski definition) is 2. The second-order valence-corrected chi connectivity index (χ2v) is 8.27. The van der Waals surface area contributed by atoms with Gasteiger partial charge in [0.25, 0.3) is 0 Å². The maximum absolute atomic E-state index is 12.6. The summed E-state index contributed by atoms with van der Waals surface area (Å²) in [6, 6.07) is 9.12. The number of hydrogen-bond donors (Lipinski definition) is 1. The molecule has 3 unspecified atom stereocenters. The van der Waals surface area contributed by atoms with Crippen LogP contribution in [0.5, 0.6) is 0 Å². The van der Waals surface area contributed by atoms with E-state index in [0.29, 0.717) is 11.9 Å². The fourth-order valence-electron chi connectivity index (χ4n) is 5.10. The molecule has 1 aliphatic heterocycles. The van der Waals surface area contributed by atoms with Gasteiger partial charge in [-0.2, -0.15) is 0 Å². The third-order valence-electron chi connectivity index (χ3n) is 6.68. The highest BCUT2D eigenvalue weighted by Gasteiger charge is 2.40. The smallest absolute Gasteiger partial charge is 0.223 e. The van der Waals surface area contributed by atoms with Crippen LogP contribution in [0, 0.1) is 24.7 Å². The van der Waals surface area contributed by atoms with E-state index in [1.807, 2.05) is 0 Å². The molecule has 130 valence electrons. The van der Waals surface area contributed by atoms with Gasteiger partial charge < -0.3 is 5.32 Å². The topological polar surface area (TPSA) is 32.3 Å². The van der Waals surface area contributed by atoms with Gasteiger partial charge in [0, 0.05) is 18.5 Å². The largest absolute Gasteiger partial charge is 0.353 e. The zero-order valence-corrected chi connectivity index (χ0v) is 14.8. The van der Waals surface area contributed by atoms with E-state index < -0.39 is 0 Å². The maximum Gasteiger partial charge on any atom is 0.223 e. The highest BCUT2D eigenvalue weighted by Crippen LogP contribution is 2.44. The van der Waals surface area contributed by atoms with Gasteiger partial charge in [0.05, 0.1) is 0 Å². The van der Waals surface area contributed by atoms with Crippen LogP contribution in [0.2, 0.25) is 0 Å². The number of piperidine rings is 1. The first-order valence-electron chi connectivity index (χ1n) is 9.76. The molecular formula is C21H30N2O. The second kappa shape index (κ2) is 6.87. The Balaban J connectivity index is 1.25. The molecular weight excluding hydrogens is 296 g/mol. The Labute approximate surface area is 145 Å². The number of rotatable bonds is 4. The summed E-state index contributed by atoms with van der Waals surface area (Å²) in [4.78, 5) is 15.1. The molecule has 1 saturated heterocycles. The molecule has 4 rings (SSSR count). The molecule has 3 aliphatic rings. The van der Waals surface area contributed by atoms with Crippen molar-refractivity contribution < 1.29 is 4.79 Å². The molecule has 1 amide bonds. The third kappa shape index (κ3) is 3.37. The molecule has 3 heteroatoms. The standard InChI is InChI=1S/C21H30N2O/c1-15-4-2-3-5-19(15)14-23-10-8-17(9-11-23)21(24)22-20-13-16-6-7-18(20)12-16/h2-5,16-18,20H,6-14H2,1H3,(H,22,24). The van der Waals surface area contributed by atoms with Crippen LogP contribution in [-0.4, -0.2) is 29.9 Å². The Morgan fingerprint density at radius 2 is 1.92 bits per heavy atom. The van der Waals surface area contributed by atoms with Crippen LogP contribution in [0.25, 0.3) is 0 Å². The van der Waals surface area contributed by atoms with Crippen molar-refractivity contribution in [3.8, 4) is 0 Å². The number of amides is 1. The van der Waals surface area contributed by atoms with E-state index in [9.17, 15) is 4.79 Å². The minimum Gasteiger partial charge on any atom is -0.353 e. The van der Waals surface area contributed by atoms with Gasteiger partial charge in [-0.15, -0.1) is 0 Å². The van der Waals surface area contributed by atoms with E-state index >= 15 is 0 Å². The third-order valence-corrected chi connectivity index (χ3v) is 6.68. The molecule has 24 heavy (non-hydrogen) atoms. The Morgan fingerprint density at radius 1 is 1.12 bits per heavy atom. The molecule has 3 nitrogen and oxygen atoms in total. The van der Waals surface area contributed by atoms with Gasteiger partial charge >= 0.3 is 0 Å². The summed E-state index contributed by atoms with van der Waals surface area (Å²) in [6.45, 7) is 5.30. The predicted octanol–water partition coefficient (Wildman–Crippen LogP) is 3.51. The van der Waals surface area contributed by atoms with Gasteiger partial charge in [-0.05, 0) is 75.1 Å². The van der Waals surface area contributed by atoms with Crippen LogP contribution in [0.15, 0.2) is 24.3 Å². The fraction of sp³-hybridized carbons (Fsp3) is 0.667. The number of carbonyl (C=O) groups excluding carboxylic acids is 1. The van der Waals surface area contributed by atoms with E-state index in [0.717, 1.165) is 44.3 Å². The maximum atomic E-state index is 12.6. The lowest BCUT2D eigenvalue weighted by molar-refractivity contribution is -0.127. The molecule has 3 atom stereocenters. The molecule has 1 heterocycles. The van der Waals surface area contributed by atoms with Gasteiger partial charge in [0.2, 0.25) is 5.91 Å². The summed E-state index contributed by atoms with van der Waals surface area (Å²) in [5, 5.41) is 3.40. The van der Waals surface area contributed by atoms with Crippen molar-refractivity contribution in [3.05, 3.63) is 35.4 Å². The molecule has 1 aromatic carbocycles. The SMILES string of the molecule is Cc1ccccc1CN1CCC(C(=O)NC2CC3CCC2C3)CC1. The summed E-state index contributed by atoms with van der Waals surface area (Å²) < 4.78 is 0. The van der Waals surface area contributed by atoms with Crippen molar-refractivity contribution in [1.82, 2.24) is 10.2 Å². The highest BCUT2D eigenvalue weighted by molar-refractivity contribution is 5.79. The first kappa shape index (κ1) is 16.1. The van der Waals surface area contributed by atoms with Gasteiger partial charge in [-0.1, -0.05) is 30.7 Å². The number of benzene rings is 1. The molecule has 2 aliphatic carbocycles. The van der Waals surface area contributed by atoms with Gasteiger partial charge in [-0.3, -0.25) is 9.69 Å². The van der Waals surface area contributed by atoms with Crippen LogP contribution in [0.3, 0.4) is 0 Å². The summed E-state index contributed by atoms with van der Waals surface area (Å²) >= 11 is 0. The zero-order chi connectivity index (χ0) is 16.5. The first-order valence-corrected chi connectivity index (χ1v) is 9.76. The number of nitrogens with zero attached hydrogens (tertiary/aromatic N) is 1.